The van der Waals surface area contributed by atoms with E-state index in [1.165, 1.54) is 19.4 Å². The molecule has 2 rings (SSSR count). The van der Waals surface area contributed by atoms with Crippen LogP contribution in [0.15, 0.2) is 18.2 Å². The first-order valence-corrected chi connectivity index (χ1v) is 7.35. The first-order chi connectivity index (χ1) is 8.70. The van der Waals surface area contributed by atoms with Crippen LogP contribution in [0.4, 0.5) is 0 Å². The minimum atomic E-state index is 0.682. The van der Waals surface area contributed by atoms with Gasteiger partial charge in [-0.05, 0) is 43.6 Å². The Morgan fingerprint density at radius 3 is 2.94 bits per heavy atom. The predicted molar refractivity (Wildman–Crippen MR) is 78.4 cm³/mol. The monoisotopic (exact) mass is 286 g/mol. The van der Waals surface area contributed by atoms with Gasteiger partial charge in [-0.15, -0.1) is 0 Å². The molecule has 1 aliphatic rings. The van der Waals surface area contributed by atoms with Crippen LogP contribution in [0.2, 0.25) is 10.0 Å². The Labute approximate surface area is 119 Å². The lowest BCUT2D eigenvalue weighted by molar-refractivity contribution is 0.260. The van der Waals surface area contributed by atoms with Crippen molar-refractivity contribution in [1.82, 2.24) is 10.2 Å². The smallest absolute Gasteiger partial charge is 0.0465 e. The molecule has 0 radical (unpaired) electrons. The maximum Gasteiger partial charge on any atom is 0.0465 e. The number of nitrogens with zero attached hydrogens (tertiary/aromatic N) is 1. The van der Waals surface area contributed by atoms with Crippen LogP contribution in [0.1, 0.15) is 25.3 Å². The second-order valence-corrected chi connectivity index (χ2v) is 5.63. The number of hydrogen-bond donors (Lipinski definition) is 1. The van der Waals surface area contributed by atoms with Gasteiger partial charge in [-0.1, -0.05) is 36.2 Å². The van der Waals surface area contributed by atoms with Crippen LogP contribution in [0, 0.1) is 0 Å². The van der Waals surface area contributed by atoms with Gasteiger partial charge in [0.25, 0.3) is 0 Å². The van der Waals surface area contributed by atoms with Gasteiger partial charge >= 0.3 is 0 Å². The Bertz CT molecular complexity index is 395. The zero-order valence-corrected chi connectivity index (χ0v) is 12.3. The maximum absolute atomic E-state index is 6.15. The number of nitrogens with one attached hydrogen (secondary N) is 1. The highest BCUT2D eigenvalue weighted by atomic mass is 35.5. The van der Waals surface area contributed by atoms with Gasteiger partial charge in [0.15, 0.2) is 0 Å². The van der Waals surface area contributed by atoms with Gasteiger partial charge in [-0.2, -0.15) is 0 Å². The fraction of sp³-hybridized carbons (Fsp3) is 0.571. The molecule has 0 bridgehead atoms. The number of halogens is 2. The average Bonchev–Trinajstić information content (AvgIpc) is 2.79. The molecule has 1 atom stereocenters. The first-order valence-electron chi connectivity index (χ1n) is 6.59. The van der Waals surface area contributed by atoms with Gasteiger partial charge in [0.1, 0.15) is 0 Å². The quantitative estimate of drug-likeness (QED) is 0.890. The second kappa shape index (κ2) is 6.76. The number of likely N-dealkylation sites (tertiary alicyclic amines) is 1. The van der Waals surface area contributed by atoms with E-state index in [0.29, 0.717) is 11.1 Å². The summed E-state index contributed by atoms with van der Waals surface area (Å²) in [6.45, 7) is 6.46. The molecule has 100 valence electrons. The zero-order chi connectivity index (χ0) is 13.0. The summed E-state index contributed by atoms with van der Waals surface area (Å²) in [5.74, 6) is 0. The van der Waals surface area contributed by atoms with Crippen LogP contribution < -0.4 is 5.32 Å². The van der Waals surface area contributed by atoms with E-state index in [2.05, 4.69) is 17.1 Å². The lowest BCUT2D eigenvalue weighted by atomic mass is 10.2. The summed E-state index contributed by atoms with van der Waals surface area (Å²) in [6, 6.07) is 6.36. The third kappa shape index (κ3) is 3.61. The second-order valence-electron chi connectivity index (χ2n) is 4.79. The van der Waals surface area contributed by atoms with E-state index in [9.17, 15) is 0 Å². The number of benzene rings is 1. The normalized spacial score (nSPS) is 20.5. The van der Waals surface area contributed by atoms with Crippen molar-refractivity contribution in [2.24, 2.45) is 0 Å². The SMILES string of the molecule is CCN1CCC[C@H]1CNCc1ccc(Cl)cc1Cl. The van der Waals surface area contributed by atoms with Crippen LogP contribution >= 0.6 is 23.2 Å². The lowest BCUT2D eigenvalue weighted by Gasteiger charge is -2.23. The Morgan fingerprint density at radius 1 is 1.39 bits per heavy atom. The molecule has 18 heavy (non-hydrogen) atoms. The largest absolute Gasteiger partial charge is 0.311 e. The van der Waals surface area contributed by atoms with Gasteiger partial charge in [-0.3, -0.25) is 4.90 Å². The van der Waals surface area contributed by atoms with Crippen LogP contribution in [0.5, 0.6) is 0 Å². The zero-order valence-electron chi connectivity index (χ0n) is 10.8. The summed E-state index contributed by atoms with van der Waals surface area (Å²) < 4.78 is 0. The topological polar surface area (TPSA) is 15.3 Å². The fourth-order valence-electron chi connectivity index (χ4n) is 2.58. The molecule has 2 nitrogen and oxygen atoms in total. The van der Waals surface area contributed by atoms with Gasteiger partial charge in [-0.25, -0.2) is 0 Å². The van der Waals surface area contributed by atoms with Crippen molar-refractivity contribution in [3.05, 3.63) is 33.8 Å². The molecule has 1 aromatic rings. The van der Waals surface area contributed by atoms with E-state index in [0.717, 1.165) is 30.2 Å². The summed E-state index contributed by atoms with van der Waals surface area (Å²) in [6.07, 6.45) is 2.62. The molecule has 1 aromatic carbocycles. The third-order valence-electron chi connectivity index (χ3n) is 3.62. The van der Waals surface area contributed by atoms with E-state index >= 15 is 0 Å². The van der Waals surface area contributed by atoms with E-state index < -0.39 is 0 Å². The molecule has 1 fully saturated rings. The van der Waals surface area contributed by atoms with E-state index in [1.807, 2.05) is 12.1 Å². The number of hydrogen-bond acceptors (Lipinski definition) is 2. The molecule has 1 saturated heterocycles. The fourth-order valence-corrected chi connectivity index (χ4v) is 3.06. The number of rotatable bonds is 5. The molecule has 1 N–H and O–H groups in total. The Balaban J connectivity index is 1.81. The third-order valence-corrected chi connectivity index (χ3v) is 4.20. The van der Waals surface area contributed by atoms with Gasteiger partial charge in [0.05, 0.1) is 0 Å². The highest BCUT2D eigenvalue weighted by Crippen LogP contribution is 2.21. The van der Waals surface area contributed by atoms with Crippen LogP contribution in [0.25, 0.3) is 0 Å². The molecule has 1 heterocycles. The molecule has 0 aromatic heterocycles. The van der Waals surface area contributed by atoms with Crippen molar-refractivity contribution in [2.75, 3.05) is 19.6 Å². The molecule has 0 aliphatic carbocycles. The minimum absolute atomic E-state index is 0.682. The molecule has 4 heteroatoms. The van der Waals surface area contributed by atoms with Crippen LogP contribution in [-0.2, 0) is 6.54 Å². The molecule has 0 spiro atoms. The van der Waals surface area contributed by atoms with Gasteiger partial charge in [0.2, 0.25) is 0 Å². The molecular formula is C14H20Cl2N2. The van der Waals surface area contributed by atoms with Crippen molar-refractivity contribution in [2.45, 2.75) is 32.4 Å². The number of likely N-dealkylation sites (N-methyl/N-ethyl adjacent to an activating group) is 1. The van der Waals surface area contributed by atoms with Crippen molar-refractivity contribution >= 4 is 23.2 Å². The van der Waals surface area contributed by atoms with E-state index in [1.54, 1.807) is 6.07 Å². The predicted octanol–water partition coefficient (Wildman–Crippen LogP) is 3.57. The van der Waals surface area contributed by atoms with E-state index in [4.69, 9.17) is 23.2 Å². The van der Waals surface area contributed by atoms with E-state index in [-0.39, 0.29) is 0 Å². The standard InChI is InChI=1S/C14H20Cl2N2/c1-2-18-7-3-4-13(18)10-17-9-11-5-6-12(15)8-14(11)16/h5-6,8,13,17H,2-4,7,9-10H2,1H3/t13-/m0/s1. The van der Waals surface area contributed by atoms with Crippen LogP contribution in [0.3, 0.4) is 0 Å². The molecular weight excluding hydrogens is 267 g/mol. The molecule has 0 saturated carbocycles. The summed E-state index contributed by atoms with van der Waals surface area (Å²) >= 11 is 12.0. The van der Waals surface area contributed by atoms with Gasteiger partial charge in [0, 0.05) is 29.2 Å². The van der Waals surface area contributed by atoms with Crippen molar-refractivity contribution in [3.63, 3.8) is 0 Å². The molecule has 0 unspecified atom stereocenters. The summed E-state index contributed by atoms with van der Waals surface area (Å²) in [5, 5.41) is 4.93. The van der Waals surface area contributed by atoms with Crippen molar-refractivity contribution < 1.29 is 0 Å². The summed E-state index contributed by atoms with van der Waals surface area (Å²) in [5.41, 5.74) is 1.11. The van der Waals surface area contributed by atoms with Crippen molar-refractivity contribution in [3.8, 4) is 0 Å². The Morgan fingerprint density at radius 2 is 2.22 bits per heavy atom. The minimum Gasteiger partial charge on any atom is -0.311 e. The van der Waals surface area contributed by atoms with Crippen molar-refractivity contribution in [1.29, 1.82) is 0 Å². The van der Waals surface area contributed by atoms with Gasteiger partial charge < -0.3 is 5.32 Å². The maximum atomic E-state index is 6.15. The highest BCUT2D eigenvalue weighted by Gasteiger charge is 2.22. The lowest BCUT2D eigenvalue weighted by Crippen LogP contribution is -2.37. The Hall–Kier alpha value is -0.280. The summed E-state index contributed by atoms with van der Waals surface area (Å²) in [4.78, 5) is 2.54. The molecule has 1 aliphatic heterocycles. The summed E-state index contributed by atoms with van der Waals surface area (Å²) in [7, 11) is 0. The Kier molecular flexibility index (Phi) is 5.31. The average molecular weight is 287 g/mol. The first kappa shape index (κ1) is 14.1. The molecule has 0 amide bonds. The van der Waals surface area contributed by atoms with Crippen LogP contribution in [-0.4, -0.2) is 30.6 Å². The highest BCUT2D eigenvalue weighted by molar-refractivity contribution is 6.35.